The number of nitrogens with two attached hydrogens (primary N) is 1. The van der Waals surface area contributed by atoms with Crippen LogP contribution in [0.2, 0.25) is 0 Å². The van der Waals surface area contributed by atoms with Gasteiger partial charge in [0.1, 0.15) is 6.04 Å². The molecule has 1 heterocycles. The number of nitrogens with one attached hydrogen (secondary N) is 3. The first-order valence-corrected chi connectivity index (χ1v) is 10.1. The van der Waals surface area contributed by atoms with Gasteiger partial charge in [0, 0.05) is 50.1 Å². The fourth-order valence-electron chi connectivity index (χ4n) is 3.45. The summed E-state index contributed by atoms with van der Waals surface area (Å²) in [5, 5.41) is 6.20. The first kappa shape index (κ1) is 21.9. The van der Waals surface area contributed by atoms with Crippen molar-refractivity contribution >= 4 is 28.7 Å². The highest BCUT2D eigenvalue weighted by molar-refractivity contribution is 5.89. The molecular weight excluding hydrogens is 394 g/mol. The fourth-order valence-corrected chi connectivity index (χ4v) is 3.45. The fraction of sp³-hybridized carbons (Fsp3) is 0.261. The van der Waals surface area contributed by atoms with Crippen LogP contribution in [0.3, 0.4) is 0 Å². The van der Waals surface area contributed by atoms with Gasteiger partial charge in [-0.05, 0) is 17.2 Å². The number of fused-ring (bicyclic) bond motifs is 1. The number of primary amides is 1. The Labute approximate surface area is 180 Å². The number of aromatic nitrogens is 1. The first-order chi connectivity index (χ1) is 14.9. The summed E-state index contributed by atoms with van der Waals surface area (Å²) in [5.41, 5.74) is 8.14. The number of rotatable bonds is 9. The van der Waals surface area contributed by atoms with Gasteiger partial charge in [0.05, 0.1) is 0 Å². The number of urea groups is 1. The summed E-state index contributed by atoms with van der Waals surface area (Å²) in [7, 11) is 1.73. The average Bonchev–Trinajstić information content (AvgIpc) is 3.16. The molecule has 0 fully saturated rings. The summed E-state index contributed by atoms with van der Waals surface area (Å²) in [6, 6.07) is 15.8. The summed E-state index contributed by atoms with van der Waals surface area (Å²) in [6.45, 7) is 0.668. The van der Waals surface area contributed by atoms with E-state index in [0.29, 0.717) is 6.54 Å². The van der Waals surface area contributed by atoms with Crippen molar-refractivity contribution in [3.05, 3.63) is 71.9 Å². The predicted molar refractivity (Wildman–Crippen MR) is 119 cm³/mol. The average molecular weight is 422 g/mol. The smallest absolute Gasteiger partial charge is 0.312 e. The van der Waals surface area contributed by atoms with E-state index >= 15 is 0 Å². The second-order valence-electron chi connectivity index (χ2n) is 7.40. The summed E-state index contributed by atoms with van der Waals surface area (Å²) in [5.74, 6) is -0.470. The van der Waals surface area contributed by atoms with Crippen molar-refractivity contribution in [1.82, 2.24) is 20.5 Å². The van der Waals surface area contributed by atoms with Gasteiger partial charge in [0.2, 0.25) is 11.8 Å². The molecule has 0 saturated carbocycles. The van der Waals surface area contributed by atoms with E-state index in [9.17, 15) is 14.4 Å². The summed E-state index contributed by atoms with van der Waals surface area (Å²) in [4.78, 5) is 41.2. The zero-order valence-corrected chi connectivity index (χ0v) is 17.4. The largest absolute Gasteiger partial charge is 0.361 e. The van der Waals surface area contributed by atoms with Gasteiger partial charge in [0.25, 0.3) is 0 Å². The van der Waals surface area contributed by atoms with Crippen molar-refractivity contribution in [3.63, 3.8) is 0 Å². The third kappa shape index (κ3) is 6.08. The molecule has 162 valence electrons. The predicted octanol–water partition coefficient (Wildman–Crippen LogP) is 1.91. The monoisotopic (exact) mass is 421 g/mol. The normalized spacial score (nSPS) is 11.6. The number of hydrogen-bond acceptors (Lipinski definition) is 3. The minimum atomic E-state index is -0.839. The number of carbonyl (C=O) groups excluding carboxylic acids is 3. The maximum Gasteiger partial charge on any atom is 0.312 e. The lowest BCUT2D eigenvalue weighted by atomic mass is 10.0. The quantitative estimate of drug-likeness (QED) is 0.422. The molecule has 0 radical (unpaired) electrons. The topological polar surface area (TPSA) is 120 Å². The molecule has 0 aliphatic heterocycles. The Hall–Kier alpha value is -3.81. The van der Waals surface area contributed by atoms with Crippen LogP contribution in [0.5, 0.6) is 0 Å². The van der Waals surface area contributed by atoms with Crippen LogP contribution >= 0.6 is 0 Å². The van der Waals surface area contributed by atoms with Crippen molar-refractivity contribution in [3.8, 4) is 0 Å². The highest BCUT2D eigenvalue weighted by Crippen LogP contribution is 2.19. The zero-order chi connectivity index (χ0) is 22.2. The number of hydrogen-bond donors (Lipinski definition) is 4. The SMILES string of the molecule is CN(Cc1ccccc1)C(=O)CCNC(=O)C(Cc1c[nH]c2ccccc12)NC(N)=O. The van der Waals surface area contributed by atoms with E-state index in [1.807, 2.05) is 60.8 Å². The second kappa shape index (κ2) is 10.3. The Morgan fingerprint density at radius 1 is 1.06 bits per heavy atom. The molecular formula is C23H27N5O3. The Bertz CT molecular complexity index is 1050. The number of carbonyl (C=O) groups is 3. The van der Waals surface area contributed by atoms with E-state index in [0.717, 1.165) is 22.0 Å². The van der Waals surface area contributed by atoms with E-state index in [1.165, 1.54) is 0 Å². The van der Waals surface area contributed by atoms with Crippen molar-refractivity contribution < 1.29 is 14.4 Å². The van der Waals surface area contributed by atoms with Crippen LogP contribution in [-0.4, -0.2) is 47.4 Å². The van der Waals surface area contributed by atoms with Gasteiger partial charge in [-0.25, -0.2) is 4.79 Å². The van der Waals surface area contributed by atoms with Crippen molar-refractivity contribution in [2.45, 2.75) is 25.4 Å². The molecule has 2 aromatic carbocycles. The standard InChI is InChI=1S/C23H27N5O3/c1-28(15-16-7-3-2-4-8-16)21(29)11-12-25-22(30)20(27-23(24)31)13-17-14-26-19-10-6-5-9-18(17)19/h2-10,14,20,26H,11-13,15H2,1H3,(H,25,30)(H3,24,27,31). The van der Waals surface area contributed by atoms with Crippen molar-refractivity contribution in [1.29, 1.82) is 0 Å². The van der Waals surface area contributed by atoms with Gasteiger partial charge in [-0.1, -0.05) is 48.5 Å². The van der Waals surface area contributed by atoms with E-state index in [-0.39, 0.29) is 31.2 Å². The van der Waals surface area contributed by atoms with E-state index in [4.69, 9.17) is 5.73 Å². The van der Waals surface area contributed by atoms with E-state index < -0.39 is 12.1 Å². The summed E-state index contributed by atoms with van der Waals surface area (Å²) in [6.07, 6.45) is 2.25. The molecule has 1 atom stereocenters. The molecule has 0 aliphatic rings. The van der Waals surface area contributed by atoms with Gasteiger partial charge < -0.3 is 26.3 Å². The molecule has 0 bridgehead atoms. The number of para-hydroxylation sites is 1. The third-order valence-electron chi connectivity index (χ3n) is 5.06. The Morgan fingerprint density at radius 2 is 1.77 bits per heavy atom. The van der Waals surface area contributed by atoms with Gasteiger partial charge in [0.15, 0.2) is 0 Å². The molecule has 0 spiro atoms. The number of benzene rings is 2. The summed E-state index contributed by atoms with van der Waals surface area (Å²) < 4.78 is 0. The first-order valence-electron chi connectivity index (χ1n) is 10.1. The van der Waals surface area contributed by atoms with Crippen LogP contribution < -0.4 is 16.4 Å². The van der Waals surface area contributed by atoms with Crippen molar-refractivity contribution in [2.24, 2.45) is 5.73 Å². The molecule has 31 heavy (non-hydrogen) atoms. The molecule has 1 aromatic heterocycles. The third-order valence-corrected chi connectivity index (χ3v) is 5.06. The highest BCUT2D eigenvalue weighted by Gasteiger charge is 2.22. The zero-order valence-electron chi connectivity index (χ0n) is 17.4. The maximum absolute atomic E-state index is 12.7. The molecule has 3 rings (SSSR count). The van der Waals surface area contributed by atoms with Crippen LogP contribution in [0.4, 0.5) is 4.79 Å². The summed E-state index contributed by atoms with van der Waals surface area (Å²) >= 11 is 0. The highest BCUT2D eigenvalue weighted by atomic mass is 16.2. The van der Waals surface area contributed by atoms with Gasteiger partial charge in [-0.15, -0.1) is 0 Å². The Kier molecular flexibility index (Phi) is 7.26. The molecule has 1 unspecified atom stereocenters. The Morgan fingerprint density at radius 3 is 2.52 bits per heavy atom. The minimum Gasteiger partial charge on any atom is -0.361 e. The molecule has 8 heteroatoms. The van der Waals surface area contributed by atoms with Crippen LogP contribution in [0.15, 0.2) is 60.8 Å². The molecule has 0 saturated heterocycles. The maximum atomic E-state index is 12.7. The lowest BCUT2D eigenvalue weighted by Crippen LogP contribution is -2.50. The molecule has 0 aliphatic carbocycles. The van der Waals surface area contributed by atoms with Gasteiger partial charge >= 0.3 is 6.03 Å². The van der Waals surface area contributed by atoms with E-state index in [1.54, 1.807) is 11.9 Å². The van der Waals surface area contributed by atoms with Crippen LogP contribution in [0, 0.1) is 0 Å². The van der Waals surface area contributed by atoms with Gasteiger partial charge in [-0.2, -0.15) is 0 Å². The van der Waals surface area contributed by atoms with Crippen LogP contribution in [0.25, 0.3) is 10.9 Å². The molecule has 8 nitrogen and oxygen atoms in total. The number of aromatic amines is 1. The molecule has 3 aromatic rings. The van der Waals surface area contributed by atoms with Crippen molar-refractivity contribution in [2.75, 3.05) is 13.6 Å². The number of amides is 4. The molecule has 5 N–H and O–H groups in total. The van der Waals surface area contributed by atoms with E-state index in [2.05, 4.69) is 15.6 Å². The molecule has 4 amide bonds. The number of nitrogens with zero attached hydrogens (tertiary/aromatic N) is 1. The lowest BCUT2D eigenvalue weighted by Gasteiger charge is -2.19. The lowest BCUT2D eigenvalue weighted by molar-refractivity contribution is -0.130. The van der Waals surface area contributed by atoms with Crippen LogP contribution in [0.1, 0.15) is 17.5 Å². The second-order valence-corrected chi connectivity index (χ2v) is 7.40. The van der Waals surface area contributed by atoms with Crippen LogP contribution in [-0.2, 0) is 22.6 Å². The van der Waals surface area contributed by atoms with Gasteiger partial charge in [-0.3, -0.25) is 9.59 Å². The Balaban J connectivity index is 1.54. The minimum absolute atomic E-state index is 0.0832. The number of H-pyrrole nitrogens is 1.